The van der Waals surface area contributed by atoms with Crippen molar-refractivity contribution in [2.24, 2.45) is 40.2 Å². The van der Waals surface area contributed by atoms with Gasteiger partial charge in [-0.2, -0.15) is 0 Å². The molecular weight excluding hydrogens is 348 g/mol. The summed E-state index contributed by atoms with van der Waals surface area (Å²) < 4.78 is 0. The summed E-state index contributed by atoms with van der Waals surface area (Å²) in [5.74, 6) is 3.19. The largest absolute Gasteiger partial charge is 0.374 e. The van der Waals surface area contributed by atoms with Crippen LogP contribution in [0.2, 0.25) is 0 Å². The number of carbonyl (C=O) groups is 1. The SMILES string of the molecule is CC1CC2(CCC1N)C1C2C12CCC(NC(O)c1cccc(C=O)c1)C(C)C2. The van der Waals surface area contributed by atoms with Crippen LogP contribution in [-0.4, -0.2) is 23.5 Å². The minimum Gasteiger partial charge on any atom is -0.374 e. The van der Waals surface area contributed by atoms with E-state index in [1.807, 2.05) is 12.1 Å². The Morgan fingerprint density at radius 1 is 1.14 bits per heavy atom. The summed E-state index contributed by atoms with van der Waals surface area (Å²) >= 11 is 0. The molecule has 152 valence electrons. The van der Waals surface area contributed by atoms with Crippen LogP contribution in [0.5, 0.6) is 0 Å². The quantitative estimate of drug-likeness (QED) is 0.549. The number of hydrogen-bond donors (Lipinski definition) is 3. The van der Waals surface area contributed by atoms with Gasteiger partial charge in [0.05, 0.1) is 0 Å². The molecule has 0 aromatic heterocycles. The van der Waals surface area contributed by atoms with Crippen molar-refractivity contribution in [3.05, 3.63) is 35.4 Å². The van der Waals surface area contributed by atoms with E-state index >= 15 is 0 Å². The lowest BCUT2D eigenvalue weighted by Gasteiger charge is -2.47. The third-order valence-corrected chi connectivity index (χ3v) is 9.01. The van der Waals surface area contributed by atoms with Crippen molar-refractivity contribution in [1.82, 2.24) is 5.32 Å². The Kier molecular flexibility index (Phi) is 4.28. The highest BCUT2D eigenvalue weighted by Crippen LogP contribution is 2.94. The van der Waals surface area contributed by atoms with Crippen molar-refractivity contribution in [2.75, 3.05) is 0 Å². The van der Waals surface area contributed by atoms with E-state index in [1.54, 1.807) is 12.1 Å². The molecule has 4 N–H and O–H groups in total. The topological polar surface area (TPSA) is 75.3 Å². The molecule has 0 amide bonds. The van der Waals surface area contributed by atoms with Gasteiger partial charge in [0, 0.05) is 17.6 Å². The van der Waals surface area contributed by atoms with Crippen LogP contribution < -0.4 is 11.1 Å². The average Bonchev–Trinajstić information content (AvgIpc) is 3.56. The van der Waals surface area contributed by atoms with Crippen molar-refractivity contribution >= 4 is 6.29 Å². The third-order valence-electron chi connectivity index (χ3n) is 9.01. The molecule has 5 rings (SSSR count). The summed E-state index contributed by atoms with van der Waals surface area (Å²) in [5, 5.41) is 14.1. The number of fused-ring (bicyclic) bond motifs is 5. The van der Waals surface area contributed by atoms with E-state index < -0.39 is 6.23 Å². The Hall–Kier alpha value is -1.23. The highest BCUT2D eigenvalue weighted by Gasteiger charge is 2.90. The monoisotopic (exact) mass is 382 g/mol. The molecule has 0 bridgehead atoms. The average molecular weight is 383 g/mol. The Bertz CT molecular complexity index is 768. The van der Waals surface area contributed by atoms with Gasteiger partial charge in [-0.1, -0.05) is 32.0 Å². The van der Waals surface area contributed by atoms with Crippen LogP contribution >= 0.6 is 0 Å². The summed E-state index contributed by atoms with van der Waals surface area (Å²) in [6.07, 6.45) is 7.79. The molecule has 0 radical (unpaired) electrons. The Balaban J connectivity index is 1.18. The zero-order valence-electron chi connectivity index (χ0n) is 17.1. The predicted octanol–water partition coefficient (Wildman–Crippen LogP) is 3.65. The molecule has 1 aromatic carbocycles. The van der Waals surface area contributed by atoms with Crippen LogP contribution in [0.15, 0.2) is 24.3 Å². The molecule has 1 aromatic rings. The molecule has 0 aliphatic heterocycles. The van der Waals surface area contributed by atoms with Crippen LogP contribution in [0, 0.1) is 34.5 Å². The summed E-state index contributed by atoms with van der Waals surface area (Å²) in [7, 11) is 0. The zero-order valence-corrected chi connectivity index (χ0v) is 17.1. The summed E-state index contributed by atoms with van der Waals surface area (Å²) in [4.78, 5) is 11.0. The number of carbonyl (C=O) groups excluding carboxylic acids is 1. The molecule has 2 spiro atoms. The van der Waals surface area contributed by atoms with Crippen molar-refractivity contribution in [3.8, 4) is 0 Å². The maximum absolute atomic E-state index is 11.0. The lowest BCUT2D eigenvalue weighted by molar-refractivity contribution is 0.0310. The van der Waals surface area contributed by atoms with Gasteiger partial charge in [0.15, 0.2) is 0 Å². The Morgan fingerprint density at radius 3 is 2.46 bits per heavy atom. The van der Waals surface area contributed by atoms with E-state index in [9.17, 15) is 9.90 Å². The maximum Gasteiger partial charge on any atom is 0.150 e. The van der Waals surface area contributed by atoms with Gasteiger partial charge in [0.25, 0.3) is 0 Å². The first kappa shape index (κ1) is 18.8. The van der Waals surface area contributed by atoms with Gasteiger partial charge in [-0.3, -0.25) is 10.1 Å². The summed E-state index contributed by atoms with van der Waals surface area (Å²) in [6, 6.07) is 8.01. The number of hydrogen-bond acceptors (Lipinski definition) is 4. The minimum atomic E-state index is -0.706. The van der Waals surface area contributed by atoms with E-state index in [-0.39, 0.29) is 0 Å². The lowest BCUT2D eigenvalue weighted by atomic mass is 9.60. The number of benzene rings is 1. The minimum absolute atomic E-state index is 0.343. The number of nitrogens with one attached hydrogen (secondary N) is 1. The first-order valence-corrected chi connectivity index (χ1v) is 11.2. The van der Waals surface area contributed by atoms with Gasteiger partial charge < -0.3 is 10.8 Å². The lowest BCUT2D eigenvalue weighted by Crippen LogP contribution is -2.46. The molecule has 0 saturated heterocycles. The van der Waals surface area contributed by atoms with E-state index in [0.29, 0.717) is 40.3 Å². The second-order valence-corrected chi connectivity index (χ2v) is 10.5. The number of nitrogens with two attached hydrogens (primary N) is 1. The molecule has 4 aliphatic rings. The van der Waals surface area contributed by atoms with E-state index in [4.69, 9.17) is 5.73 Å². The van der Waals surface area contributed by atoms with E-state index in [1.165, 1.54) is 32.1 Å². The Labute approximate surface area is 168 Å². The van der Waals surface area contributed by atoms with Gasteiger partial charge in [-0.05, 0) is 84.7 Å². The predicted molar refractivity (Wildman–Crippen MR) is 110 cm³/mol. The highest BCUT2D eigenvalue weighted by molar-refractivity contribution is 5.74. The first-order valence-electron chi connectivity index (χ1n) is 11.2. The molecular formula is C24H34N2O2. The molecule has 0 heterocycles. The van der Waals surface area contributed by atoms with Gasteiger partial charge >= 0.3 is 0 Å². The van der Waals surface area contributed by atoms with Crippen molar-refractivity contribution < 1.29 is 9.90 Å². The molecule has 7 unspecified atom stereocenters. The van der Waals surface area contributed by atoms with Gasteiger partial charge in [0.2, 0.25) is 0 Å². The smallest absolute Gasteiger partial charge is 0.150 e. The Morgan fingerprint density at radius 2 is 1.82 bits per heavy atom. The fraction of sp³-hybridized carbons (Fsp3) is 0.708. The normalized spacial score (nSPS) is 47.6. The van der Waals surface area contributed by atoms with Crippen LogP contribution in [0.1, 0.15) is 74.5 Å². The zero-order chi connectivity index (χ0) is 19.7. The summed E-state index contributed by atoms with van der Waals surface area (Å²) in [6.45, 7) is 4.69. The number of rotatable bonds is 4. The van der Waals surface area contributed by atoms with Gasteiger partial charge in [-0.25, -0.2) is 0 Å². The maximum atomic E-state index is 11.0. The van der Waals surface area contributed by atoms with Crippen LogP contribution in [0.25, 0.3) is 0 Å². The molecule has 4 heteroatoms. The van der Waals surface area contributed by atoms with Crippen molar-refractivity contribution in [2.45, 2.75) is 70.7 Å². The van der Waals surface area contributed by atoms with Crippen molar-refractivity contribution in [3.63, 3.8) is 0 Å². The second-order valence-electron chi connectivity index (χ2n) is 10.5. The second kappa shape index (κ2) is 6.38. The summed E-state index contributed by atoms with van der Waals surface area (Å²) in [5.41, 5.74) is 8.91. The third kappa shape index (κ3) is 2.64. The fourth-order valence-electron chi connectivity index (χ4n) is 7.64. The molecule has 4 aliphatic carbocycles. The van der Waals surface area contributed by atoms with Crippen LogP contribution in [0.3, 0.4) is 0 Å². The van der Waals surface area contributed by atoms with Crippen LogP contribution in [-0.2, 0) is 0 Å². The number of aliphatic hydroxyl groups excluding tert-OH is 1. The van der Waals surface area contributed by atoms with Crippen LogP contribution in [0.4, 0.5) is 0 Å². The van der Waals surface area contributed by atoms with Gasteiger partial charge in [0.1, 0.15) is 12.5 Å². The van der Waals surface area contributed by atoms with E-state index in [0.717, 1.165) is 30.1 Å². The molecule has 4 fully saturated rings. The molecule has 4 saturated carbocycles. The molecule has 4 nitrogen and oxygen atoms in total. The van der Waals surface area contributed by atoms with Gasteiger partial charge in [-0.15, -0.1) is 0 Å². The fourth-order valence-corrected chi connectivity index (χ4v) is 7.64. The number of aliphatic hydroxyl groups is 1. The first-order chi connectivity index (χ1) is 13.4. The standard InChI is InChI=1S/C24H34N2O2/c1-14-11-23(8-6-18(14)25)20-21(23)24(20)9-7-19(15(2)12-24)26-22(28)17-5-3-4-16(10-17)13-27/h3-5,10,13-15,18-22,26,28H,6-9,11-12,25H2,1-2H3. The molecule has 28 heavy (non-hydrogen) atoms. The van der Waals surface area contributed by atoms with Crippen molar-refractivity contribution in [1.29, 1.82) is 0 Å². The highest BCUT2D eigenvalue weighted by atomic mass is 16.3. The van der Waals surface area contributed by atoms with E-state index in [2.05, 4.69) is 19.2 Å². The number of aldehydes is 1. The molecule has 7 atom stereocenters.